The molecule has 0 aliphatic rings. The molecule has 8 heteroatoms. The number of nitriles is 1. The zero-order chi connectivity index (χ0) is 17.9. The fraction of sp³-hybridized carbons (Fsp3) is 0.0625. The minimum atomic E-state index is -0.634. The zero-order valence-electron chi connectivity index (χ0n) is 12.6. The van der Waals surface area contributed by atoms with Crippen LogP contribution >= 0.6 is 15.9 Å². The minimum absolute atomic E-state index is 0.475. The lowest BCUT2D eigenvalue weighted by Gasteiger charge is -2.01. The van der Waals surface area contributed by atoms with Crippen LogP contribution in [0.1, 0.15) is 11.1 Å². The number of rotatable bonds is 3. The second-order valence-electron chi connectivity index (χ2n) is 4.53. The van der Waals surface area contributed by atoms with E-state index in [-0.39, 0.29) is 0 Å². The normalized spacial score (nSPS) is 9.00. The molecule has 2 rings (SSSR count). The number of benzene rings is 2. The van der Waals surface area contributed by atoms with Gasteiger partial charge in [-0.25, -0.2) is 9.59 Å². The number of urea groups is 2. The van der Waals surface area contributed by atoms with E-state index in [4.69, 9.17) is 16.7 Å². The predicted octanol–water partition coefficient (Wildman–Crippen LogP) is 2.67. The number of amides is 4. The first-order valence-corrected chi connectivity index (χ1v) is 7.54. The third kappa shape index (κ3) is 7.82. The van der Waals surface area contributed by atoms with Crippen LogP contribution in [0.25, 0.3) is 0 Å². The number of carbonyl (C=O) groups excluding carboxylic acids is 2. The van der Waals surface area contributed by atoms with E-state index in [1.54, 1.807) is 24.3 Å². The average molecular weight is 390 g/mol. The molecule has 0 radical (unpaired) electrons. The first kappa shape index (κ1) is 19.0. The lowest BCUT2D eigenvalue weighted by Crippen LogP contribution is -2.28. The van der Waals surface area contributed by atoms with Gasteiger partial charge in [0, 0.05) is 16.7 Å². The summed E-state index contributed by atoms with van der Waals surface area (Å²) in [6.45, 7) is 0.475. The molecule has 0 spiro atoms. The van der Waals surface area contributed by atoms with Crippen molar-refractivity contribution in [2.24, 2.45) is 11.5 Å². The van der Waals surface area contributed by atoms with E-state index in [9.17, 15) is 9.59 Å². The van der Waals surface area contributed by atoms with E-state index in [1.165, 1.54) is 0 Å². The molecule has 0 unspecified atom stereocenters. The van der Waals surface area contributed by atoms with Crippen molar-refractivity contribution < 1.29 is 9.59 Å². The Morgan fingerprint density at radius 1 is 1.08 bits per heavy atom. The molecule has 0 saturated heterocycles. The van der Waals surface area contributed by atoms with Crippen LogP contribution in [-0.2, 0) is 6.54 Å². The summed E-state index contributed by atoms with van der Waals surface area (Å²) in [5.41, 5.74) is 11.8. The Morgan fingerprint density at radius 3 is 2.29 bits per heavy atom. The third-order valence-corrected chi connectivity index (χ3v) is 3.17. The van der Waals surface area contributed by atoms with E-state index in [0.29, 0.717) is 17.8 Å². The maximum atomic E-state index is 10.4. The Hall–Kier alpha value is -3.05. The molecule has 0 fully saturated rings. The van der Waals surface area contributed by atoms with Crippen molar-refractivity contribution in [1.29, 1.82) is 5.26 Å². The number of nitrogens with zero attached hydrogens (tertiary/aromatic N) is 1. The molecule has 2 aromatic carbocycles. The van der Waals surface area contributed by atoms with Gasteiger partial charge < -0.3 is 22.1 Å². The van der Waals surface area contributed by atoms with Crippen LogP contribution in [-0.4, -0.2) is 12.1 Å². The van der Waals surface area contributed by atoms with Crippen molar-refractivity contribution in [2.75, 3.05) is 5.32 Å². The molecule has 0 bridgehead atoms. The minimum Gasteiger partial charge on any atom is -0.352 e. The van der Waals surface area contributed by atoms with Crippen molar-refractivity contribution in [3.63, 3.8) is 0 Å². The number of primary amides is 2. The molecule has 0 saturated carbocycles. The van der Waals surface area contributed by atoms with Crippen LogP contribution in [0.5, 0.6) is 0 Å². The average Bonchev–Trinajstić information content (AvgIpc) is 2.54. The topological polar surface area (TPSA) is 134 Å². The van der Waals surface area contributed by atoms with Gasteiger partial charge in [-0.15, -0.1) is 0 Å². The highest BCUT2D eigenvalue weighted by atomic mass is 79.9. The standard InChI is InChI=1S/C8H9BrN2O.C8H7N3O/c9-7-3-1-6(2-4-7)5-11-8(10)12;9-5-6-2-1-3-7(4-6)11-8(10)12/h1-4H,5H2,(H3,10,11,12);1-4H,(H3,10,11,12). The highest BCUT2D eigenvalue weighted by Gasteiger charge is 1.96. The Kier molecular flexibility index (Phi) is 7.81. The van der Waals surface area contributed by atoms with Crippen LogP contribution in [0.4, 0.5) is 15.3 Å². The molecule has 124 valence electrons. The Labute approximate surface area is 147 Å². The van der Waals surface area contributed by atoms with Gasteiger partial charge >= 0.3 is 12.1 Å². The van der Waals surface area contributed by atoms with Crippen LogP contribution in [0.2, 0.25) is 0 Å². The molecule has 0 aromatic heterocycles. The highest BCUT2D eigenvalue weighted by molar-refractivity contribution is 9.10. The summed E-state index contributed by atoms with van der Waals surface area (Å²) in [4.78, 5) is 20.7. The first-order chi connectivity index (χ1) is 11.4. The van der Waals surface area contributed by atoms with Crippen LogP contribution in [0, 0.1) is 11.3 Å². The first-order valence-electron chi connectivity index (χ1n) is 6.75. The molecule has 0 atom stereocenters. The predicted molar refractivity (Wildman–Crippen MR) is 94.9 cm³/mol. The van der Waals surface area contributed by atoms with Gasteiger partial charge in [0.2, 0.25) is 0 Å². The molecule has 6 N–H and O–H groups in total. The van der Waals surface area contributed by atoms with Gasteiger partial charge in [-0.3, -0.25) is 0 Å². The van der Waals surface area contributed by atoms with Crippen molar-refractivity contribution in [3.8, 4) is 6.07 Å². The van der Waals surface area contributed by atoms with Gasteiger partial charge in [-0.2, -0.15) is 5.26 Å². The summed E-state index contributed by atoms with van der Waals surface area (Å²) in [5, 5.41) is 13.4. The smallest absolute Gasteiger partial charge is 0.316 e. The highest BCUT2D eigenvalue weighted by Crippen LogP contribution is 2.10. The van der Waals surface area contributed by atoms with Gasteiger partial charge in [0.05, 0.1) is 11.6 Å². The quantitative estimate of drug-likeness (QED) is 0.642. The summed E-state index contributed by atoms with van der Waals surface area (Å²) in [6.07, 6.45) is 0. The van der Waals surface area contributed by atoms with E-state index < -0.39 is 12.1 Å². The third-order valence-electron chi connectivity index (χ3n) is 2.64. The van der Waals surface area contributed by atoms with Crippen LogP contribution in [0.15, 0.2) is 53.0 Å². The molecule has 0 heterocycles. The molecule has 0 aliphatic heterocycles. The number of hydrogen-bond donors (Lipinski definition) is 4. The van der Waals surface area contributed by atoms with Crippen molar-refractivity contribution in [2.45, 2.75) is 6.54 Å². The number of nitrogens with two attached hydrogens (primary N) is 2. The summed E-state index contributed by atoms with van der Waals surface area (Å²) in [5.74, 6) is 0. The number of hydrogen-bond acceptors (Lipinski definition) is 3. The van der Waals surface area contributed by atoms with Gasteiger partial charge in [0.25, 0.3) is 0 Å². The SMILES string of the molecule is N#Cc1cccc(NC(N)=O)c1.NC(=O)NCc1ccc(Br)cc1. The summed E-state index contributed by atoms with van der Waals surface area (Å²) < 4.78 is 1.02. The maximum Gasteiger partial charge on any atom is 0.316 e. The number of anilines is 1. The van der Waals surface area contributed by atoms with Gasteiger partial charge in [0.1, 0.15) is 0 Å². The largest absolute Gasteiger partial charge is 0.352 e. The monoisotopic (exact) mass is 389 g/mol. The second kappa shape index (κ2) is 9.86. The van der Waals surface area contributed by atoms with E-state index in [1.807, 2.05) is 30.3 Å². The molecule has 4 amide bonds. The number of nitrogens with one attached hydrogen (secondary N) is 2. The van der Waals surface area contributed by atoms with E-state index >= 15 is 0 Å². The van der Waals surface area contributed by atoms with Gasteiger partial charge in [0.15, 0.2) is 0 Å². The Balaban J connectivity index is 0.000000240. The van der Waals surface area contributed by atoms with Crippen molar-refractivity contribution in [1.82, 2.24) is 5.32 Å². The zero-order valence-corrected chi connectivity index (χ0v) is 14.2. The lowest BCUT2D eigenvalue weighted by molar-refractivity contribution is 0.248. The Bertz CT molecular complexity index is 741. The van der Waals surface area contributed by atoms with E-state index in [2.05, 4.69) is 26.6 Å². The maximum absolute atomic E-state index is 10.4. The molecular formula is C16H16BrN5O2. The second-order valence-corrected chi connectivity index (χ2v) is 5.44. The molecular weight excluding hydrogens is 374 g/mol. The van der Waals surface area contributed by atoms with Crippen molar-refractivity contribution in [3.05, 3.63) is 64.1 Å². The summed E-state index contributed by atoms with van der Waals surface area (Å²) >= 11 is 3.31. The molecule has 0 aliphatic carbocycles. The van der Waals surface area contributed by atoms with Gasteiger partial charge in [-0.05, 0) is 35.9 Å². The summed E-state index contributed by atoms with van der Waals surface area (Å²) in [6, 6.07) is 15.0. The number of halogens is 1. The van der Waals surface area contributed by atoms with Gasteiger partial charge in [-0.1, -0.05) is 34.1 Å². The van der Waals surface area contributed by atoms with Crippen LogP contribution < -0.4 is 22.1 Å². The number of carbonyl (C=O) groups is 2. The lowest BCUT2D eigenvalue weighted by atomic mass is 10.2. The fourth-order valence-corrected chi connectivity index (χ4v) is 1.86. The van der Waals surface area contributed by atoms with Crippen molar-refractivity contribution >= 4 is 33.7 Å². The molecule has 2 aromatic rings. The molecule has 24 heavy (non-hydrogen) atoms. The summed E-state index contributed by atoms with van der Waals surface area (Å²) in [7, 11) is 0. The molecule has 7 nitrogen and oxygen atoms in total. The fourth-order valence-electron chi connectivity index (χ4n) is 1.60. The Morgan fingerprint density at radius 2 is 1.75 bits per heavy atom. The van der Waals surface area contributed by atoms with E-state index in [0.717, 1.165) is 10.0 Å². The van der Waals surface area contributed by atoms with Crippen LogP contribution in [0.3, 0.4) is 0 Å².